The lowest BCUT2D eigenvalue weighted by atomic mass is 9.85. The van der Waals surface area contributed by atoms with Gasteiger partial charge < -0.3 is 0 Å². The molecule has 2 heterocycles. The summed E-state index contributed by atoms with van der Waals surface area (Å²) in [5.74, 6) is 0. The van der Waals surface area contributed by atoms with Crippen molar-refractivity contribution < 1.29 is 0 Å². The summed E-state index contributed by atoms with van der Waals surface area (Å²) < 4.78 is 0. The van der Waals surface area contributed by atoms with Gasteiger partial charge in [0.05, 0.1) is 17.1 Å². The van der Waals surface area contributed by atoms with Crippen LogP contribution >= 0.6 is 0 Å². The minimum absolute atomic E-state index is 0.0607. The Morgan fingerprint density at radius 1 is 1.00 bits per heavy atom. The van der Waals surface area contributed by atoms with Gasteiger partial charge in [0.1, 0.15) is 6.33 Å². The van der Waals surface area contributed by atoms with Gasteiger partial charge in [0.2, 0.25) is 0 Å². The van der Waals surface area contributed by atoms with Crippen molar-refractivity contribution in [3.05, 3.63) is 66.0 Å². The Morgan fingerprint density at radius 3 is 2.42 bits per heavy atom. The third-order valence-corrected chi connectivity index (χ3v) is 4.05. The van der Waals surface area contributed by atoms with Gasteiger partial charge >= 0.3 is 0 Å². The average Bonchev–Trinajstić information content (AvgIpc) is 2.54. The standard InChI is InChI=1S/C21H27N3/c1-7-16-14-19(23-15-22-16)21(5,6)13-9-11-17-10-8-12-18(24-17)20(2,3)4/h7-12,14-15H,1,13H2,2-6H3/b11-9+. The fourth-order valence-corrected chi connectivity index (χ4v) is 2.39. The Labute approximate surface area is 145 Å². The van der Waals surface area contributed by atoms with E-state index >= 15 is 0 Å². The normalized spacial score (nSPS) is 12.5. The molecule has 0 aromatic carbocycles. The van der Waals surface area contributed by atoms with E-state index in [1.807, 2.05) is 12.1 Å². The molecule has 0 amide bonds. The van der Waals surface area contributed by atoms with Crippen LogP contribution in [0.3, 0.4) is 0 Å². The molecular weight excluding hydrogens is 294 g/mol. The van der Waals surface area contributed by atoms with E-state index in [9.17, 15) is 0 Å². The molecule has 0 aliphatic carbocycles. The van der Waals surface area contributed by atoms with Crippen LogP contribution in [0.25, 0.3) is 12.2 Å². The van der Waals surface area contributed by atoms with E-state index in [0.29, 0.717) is 0 Å². The number of allylic oxidation sites excluding steroid dienone is 1. The van der Waals surface area contributed by atoms with Crippen molar-refractivity contribution in [2.45, 2.75) is 51.9 Å². The van der Waals surface area contributed by atoms with Gasteiger partial charge in [-0.15, -0.1) is 0 Å². The molecule has 2 rings (SSSR count). The van der Waals surface area contributed by atoms with Gasteiger partial charge in [-0.1, -0.05) is 53.3 Å². The van der Waals surface area contributed by atoms with Crippen LogP contribution in [0.4, 0.5) is 0 Å². The predicted molar refractivity (Wildman–Crippen MR) is 102 cm³/mol. The first-order valence-electron chi connectivity index (χ1n) is 8.31. The van der Waals surface area contributed by atoms with E-state index < -0.39 is 0 Å². The summed E-state index contributed by atoms with van der Waals surface area (Å²) in [6.45, 7) is 14.7. The topological polar surface area (TPSA) is 38.7 Å². The first-order chi connectivity index (χ1) is 11.2. The first kappa shape index (κ1) is 18.1. The highest BCUT2D eigenvalue weighted by Gasteiger charge is 2.21. The smallest absolute Gasteiger partial charge is 0.116 e. The number of hydrogen-bond acceptors (Lipinski definition) is 3. The molecule has 0 saturated heterocycles. The summed E-state index contributed by atoms with van der Waals surface area (Å²) in [6, 6.07) is 8.19. The van der Waals surface area contributed by atoms with Crippen LogP contribution < -0.4 is 0 Å². The Kier molecular flexibility index (Phi) is 5.33. The quantitative estimate of drug-likeness (QED) is 0.760. The van der Waals surface area contributed by atoms with Gasteiger partial charge in [-0.25, -0.2) is 9.97 Å². The average molecular weight is 321 g/mol. The first-order valence-corrected chi connectivity index (χ1v) is 8.31. The number of pyridine rings is 1. The molecule has 0 aliphatic rings. The van der Waals surface area contributed by atoms with E-state index in [4.69, 9.17) is 4.98 Å². The van der Waals surface area contributed by atoms with Crippen molar-refractivity contribution in [2.75, 3.05) is 0 Å². The molecule has 0 radical (unpaired) electrons. The Hall–Kier alpha value is -2.29. The van der Waals surface area contributed by atoms with Crippen molar-refractivity contribution in [1.82, 2.24) is 15.0 Å². The second-order valence-corrected chi connectivity index (χ2v) is 7.72. The van der Waals surface area contributed by atoms with E-state index in [1.165, 1.54) is 0 Å². The third kappa shape index (κ3) is 4.60. The Morgan fingerprint density at radius 2 is 1.75 bits per heavy atom. The van der Waals surface area contributed by atoms with Crippen LogP contribution in [0.1, 0.15) is 63.8 Å². The van der Waals surface area contributed by atoms with Crippen LogP contribution in [-0.4, -0.2) is 15.0 Å². The van der Waals surface area contributed by atoms with E-state index in [-0.39, 0.29) is 10.8 Å². The van der Waals surface area contributed by atoms with Crippen LogP contribution in [0.15, 0.2) is 43.2 Å². The van der Waals surface area contributed by atoms with Crippen molar-refractivity contribution in [2.24, 2.45) is 0 Å². The molecule has 0 bridgehead atoms. The van der Waals surface area contributed by atoms with Gasteiger partial charge in [0.15, 0.2) is 0 Å². The summed E-state index contributed by atoms with van der Waals surface area (Å²) in [5.41, 5.74) is 3.97. The maximum atomic E-state index is 4.74. The number of aromatic nitrogens is 3. The van der Waals surface area contributed by atoms with Crippen LogP contribution in [0, 0.1) is 0 Å². The highest BCUT2D eigenvalue weighted by Crippen LogP contribution is 2.26. The molecule has 2 aromatic heterocycles. The van der Waals surface area contributed by atoms with Crippen molar-refractivity contribution in [1.29, 1.82) is 0 Å². The largest absolute Gasteiger partial charge is 0.253 e. The predicted octanol–water partition coefficient (Wildman–Crippen LogP) is 5.19. The molecule has 0 spiro atoms. The second-order valence-electron chi connectivity index (χ2n) is 7.72. The molecule has 3 heteroatoms. The SMILES string of the molecule is C=Cc1cc(C(C)(C)C/C=C/c2cccc(C(C)(C)C)n2)ncn1. The Bertz CT molecular complexity index is 737. The monoisotopic (exact) mass is 321 g/mol. The lowest BCUT2D eigenvalue weighted by Crippen LogP contribution is -2.18. The molecule has 2 aromatic rings. The van der Waals surface area contributed by atoms with Gasteiger partial charge in [0, 0.05) is 16.5 Å². The summed E-state index contributed by atoms with van der Waals surface area (Å²) in [4.78, 5) is 13.3. The van der Waals surface area contributed by atoms with Crippen molar-refractivity contribution in [3.8, 4) is 0 Å². The molecule has 24 heavy (non-hydrogen) atoms. The van der Waals surface area contributed by atoms with E-state index in [2.05, 4.69) is 75.5 Å². The zero-order valence-electron chi connectivity index (χ0n) is 15.4. The fraction of sp³-hybridized carbons (Fsp3) is 0.381. The summed E-state index contributed by atoms with van der Waals surface area (Å²) in [7, 11) is 0. The van der Waals surface area contributed by atoms with Crippen LogP contribution in [0.2, 0.25) is 0 Å². The summed E-state index contributed by atoms with van der Waals surface area (Å²) >= 11 is 0. The zero-order chi connectivity index (χ0) is 17.8. The number of rotatable bonds is 5. The lowest BCUT2D eigenvalue weighted by molar-refractivity contribution is 0.515. The van der Waals surface area contributed by atoms with Gasteiger partial charge in [-0.3, -0.25) is 4.98 Å². The van der Waals surface area contributed by atoms with Gasteiger partial charge in [-0.2, -0.15) is 0 Å². The van der Waals surface area contributed by atoms with Crippen LogP contribution in [0.5, 0.6) is 0 Å². The van der Waals surface area contributed by atoms with Crippen molar-refractivity contribution >= 4 is 12.2 Å². The van der Waals surface area contributed by atoms with Crippen molar-refractivity contribution in [3.63, 3.8) is 0 Å². The molecule has 0 atom stereocenters. The molecule has 0 unspecified atom stereocenters. The Balaban J connectivity index is 2.14. The number of nitrogens with zero attached hydrogens (tertiary/aromatic N) is 3. The minimum atomic E-state index is -0.0706. The zero-order valence-corrected chi connectivity index (χ0v) is 15.4. The van der Waals surface area contributed by atoms with E-state index in [1.54, 1.807) is 12.4 Å². The number of hydrogen-bond donors (Lipinski definition) is 0. The summed E-state index contributed by atoms with van der Waals surface area (Å²) in [5, 5.41) is 0. The van der Waals surface area contributed by atoms with Gasteiger partial charge in [0.25, 0.3) is 0 Å². The second kappa shape index (κ2) is 7.08. The lowest BCUT2D eigenvalue weighted by Gasteiger charge is -2.22. The molecule has 126 valence electrons. The molecular formula is C21H27N3. The van der Waals surface area contributed by atoms with Crippen LogP contribution in [-0.2, 0) is 10.8 Å². The molecule has 0 aliphatic heterocycles. The molecule has 0 fully saturated rings. The highest BCUT2D eigenvalue weighted by molar-refractivity contribution is 5.46. The molecule has 3 nitrogen and oxygen atoms in total. The third-order valence-electron chi connectivity index (χ3n) is 4.05. The minimum Gasteiger partial charge on any atom is -0.253 e. The summed E-state index contributed by atoms with van der Waals surface area (Å²) in [6.07, 6.45) is 8.49. The maximum Gasteiger partial charge on any atom is 0.116 e. The molecule has 0 N–H and O–H groups in total. The maximum absolute atomic E-state index is 4.74. The fourth-order valence-electron chi connectivity index (χ4n) is 2.39. The van der Waals surface area contributed by atoms with E-state index in [0.717, 1.165) is 29.2 Å². The molecule has 0 saturated carbocycles. The highest BCUT2D eigenvalue weighted by atomic mass is 14.8. The van der Waals surface area contributed by atoms with Gasteiger partial charge in [-0.05, 0) is 36.8 Å².